The maximum Gasteiger partial charge on any atom is 0.412 e. The summed E-state index contributed by atoms with van der Waals surface area (Å²) in [5, 5.41) is 21.9. The normalized spacial score (nSPS) is 18.2. The largest absolute Gasteiger partial charge is 0.465 e. The van der Waals surface area contributed by atoms with Crippen LogP contribution in [-0.4, -0.2) is 51.4 Å². The molecule has 6 rings (SSSR count). The summed E-state index contributed by atoms with van der Waals surface area (Å²) in [5.41, 5.74) is 0.681. The molecular formula is C29H23ClFN5O6. The Morgan fingerprint density at radius 2 is 1.88 bits per heavy atom. The zero-order chi connectivity index (χ0) is 29.4. The summed E-state index contributed by atoms with van der Waals surface area (Å²) in [4.78, 5) is 38.9. The average molecular weight is 592 g/mol. The average Bonchev–Trinajstić information content (AvgIpc) is 3.62. The van der Waals surface area contributed by atoms with E-state index in [2.05, 4.69) is 20.8 Å². The zero-order valence-corrected chi connectivity index (χ0v) is 22.6. The van der Waals surface area contributed by atoms with E-state index in [0.717, 1.165) is 5.56 Å². The van der Waals surface area contributed by atoms with Crippen molar-refractivity contribution in [2.24, 2.45) is 0 Å². The van der Waals surface area contributed by atoms with Gasteiger partial charge >= 0.3 is 12.2 Å². The number of carboxylic acid groups (broad SMARTS) is 1. The van der Waals surface area contributed by atoms with Crippen molar-refractivity contribution in [1.29, 1.82) is 0 Å². The number of likely N-dealkylation sites (tertiary alicyclic amines) is 1. The van der Waals surface area contributed by atoms with E-state index in [1.165, 1.54) is 17.0 Å². The molecule has 2 aliphatic rings. The van der Waals surface area contributed by atoms with Crippen molar-refractivity contribution in [3.05, 3.63) is 94.6 Å². The fraction of sp³-hybridized carbons (Fsp3) is 0.207. The quantitative estimate of drug-likeness (QED) is 0.261. The number of amides is 3. The number of benzene rings is 3. The van der Waals surface area contributed by atoms with Gasteiger partial charge < -0.3 is 19.2 Å². The van der Waals surface area contributed by atoms with Gasteiger partial charge in [-0.25, -0.2) is 14.0 Å². The number of anilines is 2. The minimum atomic E-state index is -1.41. The molecule has 13 heteroatoms. The first-order valence-corrected chi connectivity index (χ1v) is 13.4. The molecule has 11 nitrogen and oxygen atoms in total. The molecule has 3 amide bonds. The van der Waals surface area contributed by atoms with Crippen LogP contribution in [0.1, 0.15) is 29.4 Å². The molecule has 2 aliphatic heterocycles. The summed E-state index contributed by atoms with van der Waals surface area (Å²) >= 11 is 6.07. The highest BCUT2D eigenvalue weighted by atomic mass is 35.5. The van der Waals surface area contributed by atoms with Crippen molar-refractivity contribution in [1.82, 2.24) is 15.1 Å². The molecule has 1 aromatic heterocycles. The summed E-state index contributed by atoms with van der Waals surface area (Å²) in [5.74, 6) is -1.74. The van der Waals surface area contributed by atoms with Gasteiger partial charge in [-0.2, -0.15) is 0 Å². The second-order valence-electron chi connectivity index (χ2n) is 10.00. The van der Waals surface area contributed by atoms with Crippen LogP contribution in [0.4, 0.5) is 25.4 Å². The molecular weight excluding hydrogens is 569 g/mol. The number of nitrogens with zero attached hydrogens (tertiary/aromatic N) is 3. The van der Waals surface area contributed by atoms with E-state index in [1.807, 2.05) is 30.3 Å². The van der Waals surface area contributed by atoms with Crippen LogP contribution in [0, 0.1) is 5.82 Å². The first-order chi connectivity index (χ1) is 20.2. The van der Waals surface area contributed by atoms with Crippen molar-refractivity contribution in [3.8, 4) is 11.5 Å². The van der Waals surface area contributed by atoms with Crippen LogP contribution in [0.2, 0.25) is 5.02 Å². The van der Waals surface area contributed by atoms with Crippen LogP contribution in [0.15, 0.2) is 71.1 Å². The van der Waals surface area contributed by atoms with Crippen LogP contribution in [-0.2, 0) is 21.6 Å². The summed E-state index contributed by atoms with van der Waals surface area (Å²) in [6, 6.07) is 18.5. The predicted molar refractivity (Wildman–Crippen MR) is 149 cm³/mol. The van der Waals surface area contributed by atoms with Gasteiger partial charge in [-0.15, -0.1) is 10.2 Å². The van der Waals surface area contributed by atoms with Gasteiger partial charge in [-0.1, -0.05) is 41.9 Å². The Hall–Kier alpha value is -4.97. The minimum Gasteiger partial charge on any atom is -0.465 e. The molecule has 42 heavy (non-hydrogen) atoms. The highest BCUT2D eigenvalue weighted by molar-refractivity contribution is 6.31. The van der Waals surface area contributed by atoms with Crippen LogP contribution in [0.25, 0.3) is 11.5 Å². The molecule has 0 bridgehead atoms. The van der Waals surface area contributed by atoms with Crippen LogP contribution >= 0.6 is 11.6 Å². The molecule has 3 aromatic carbocycles. The van der Waals surface area contributed by atoms with Gasteiger partial charge in [-0.05, 0) is 48.4 Å². The fourth-order valence-electron chi connectivity index (χ4n) is 5.38. The SMILES string of the molecule is O=C(O)Nc1ccc(-c2nnc([C@H](Cc3ccccc3)C(=O)N3CC[C@@]4(C3)OC(=O)Nc3ccc(Cl)c(F)c34)o2)cc1. The van der Waals surface area contributed by atoms with Gasteiger partial charge in [0.25, 0.3) is 0 Å². The number of halogens is 2. The second-order valence-corrected chi connectivity index (χ2v) is 10.4. The third-order valence-electron chi connectivity index (χ3n) is 7.32. The second kappa shape index (κ2) is 10.8. The number of fused-ring (bicyclic) bond motifs is 2. The molecule has 3 N–H and O–H groups in total. The van der Waals surface area contributed by atoms with Crippen molar-refractivity contribution in [2.75, 3.05) is 23.7 Å². The topological polar surface area (TPSA) is 147 Å². The summed E-state index contributed by atoms with van der Waals surface area (Å²) < 4.78 is 26.9. The summed E-state index contributed by atoms with van der Waals surface area (Å²) in [6.07, 6.45) is -1.53. The highest BCUT2D eigenvalue weighted by Gasteiger charge is 2.51. The van der Waals surface area contributed by atoms with E-state index in [9.17, 15) is 14.4 Å². The van der Waals surface area contributed by atoms with Crippen molar-refractivity contribution < 1.29 is 33.0 Å². The molecule has 1 spiro atoms. The van der Waals surface area contributed by atoms with Gasteiger partial charge in [0, 0.05) is 24.2 Å². The Kier molecular flexibility index (Phi) is 6.99. The number of ether oxygens (including phenoxy) is 1. The standard InChI is InChI=1S/C29H23ClFN5O6/c30-20-10-11-21-22(23(20)31)29(42-28(40)33-21)12-13-36(15-29)26(37)19(14-16-4-2-1-3-5-16)25-35-34-24(41-25)17-6-8-18(9-7-17)32-27(38)39/h1-11,19,32H,12-15H2,(H,33,40)(H,38,39)/t19-,29-/m0/s1. The lowest BCUT2D eigenvalue weighted by Crippen LogP contribution is -2.44. The molecule has 4 aromatic rings. The van der Waals surface area contributed by atoms with E-state index < -0.39 is 29.5 Å². The Labute approximate surface area is 243 Å². The lowest BCUT2D eigenvalue weighted by molar-refractivity contribution is -0.133. The third kappa shape index (κ3) is 5.12. The maximum absolute atomic E-state index is 15.3. The van der Waals surface area contributed by atoms with Crippen LogP contribution < -0.4 is 10.6 Å². The molecule has 2 atom stereocenters. The third-order valence-corrected chi connectivity index (χ3v) is 7.61. The van der Waals surface area contributed by atoms with Gasteiger partial charge in [0.15, 0.2) is 11.4 Å². The van der Waals surface area contributed by atoms with Gasteiger partial charge in [0.05, 0.1) is 22.8 Å². The molecule has 0 aliphatic carbocycles. The Bertz CT molecular complexity index is 1680. The zero-order valence-electron chi connectivity index (χ0n) is 21.8. The van der Waals surface area contributed by atoms with E-state index in [1.54, 1.807) is 24.3 Å². The molecule has 3 heterocycles. The van der Waals surface area contributed by atoms with E-state index in [-0.39, 0.29) is 59.9 Å². The summed E-state index contributed by atoms with van der Waals surface area (Å²) in [6.45, 7) is 0.0929. The highest BCUT2D eigenvalue weighted by Crippen LogP contribution is 2.46. The Balaban J connectivity index is 1.30. The molecule has 0 radical (unpaired) electrons. The number of hydrogen-bond donors (Lipinski definition) is 3. The number of rotatable bonds is 6. The van der Waals surface area contributed by atoms with Gasteiger partial charge in [0.1, 0.15) is 5.92 Å². The fourth-order valence-corrected chi connectivity index (χ4v) is 5.54. The number of carbonyl (C=O) groups is 3. The van der Waals surface area contributed by atoms with E-state index in [0.29, 0.717) is 11.3 Å². The maximum atomic E-state index is 15.3. The smallest absolute Gasteiger partial charge is 0.412 e. The summed E-state index contributed by atoms with van der Waals surface area (Å²) in [7, 11) is 0. The van der Waals surface area contributed by atoms with Crippen molar-refractivity contribution >= 4 is 41.1 Å². The van der Waals surface area contributed by atoms with Crippen LogP contribution in [0.3, 0.4) is 0 Å². The lowest BCUT2D eigenvalue weighted by Gasteiger charge is -2.36. The van der Waals surface area contributed by atoms with E-state index in [4.69, 9.17) is 25.9 Å². The number of carbonyl (C=O) groups excluding carboxylic acids is 2. The van der Waals surface area contributed by atoms with Crippen LogP contribution in [0.5, 0.6) is 0 Å². The van der Waals surface area contributed by atoms with Crippen molar-refractivity contribution in [3.63, 3.8) is 0 Å². The Morgan fingerprint density at radius 3 is 2.62 bits per heavy atom. The number of aromatic nitrogens is 2. The van der Waals surface area contributed by atoms with Crippen molar-refractivity contribution in [2.45, 2.75) is 24.4 Å². The molecule has 0 unspecified atom stereocenters. The van der Waals surface area contributed by atoms with Gasteiger partial charge in [-0.3, -0.25) is 15.4 Å². The Morgan fingerprint density at radius 1 is 1.12 bits per heavy atom. The molecule has 214 valence electrons. The van der Waals surface area contributed by atoms with E-state index >= 15 is 4.39 Å². The number of hydrogen-bond acceptors (Lipinski definition) is 7. The first kappa shape index (κ1) is 27.2. The monoisotopic (exact) mass is 591 g/mol. The lowest BCUT2D eigenvalue weighted by atomic mass is 9.89. The predicted octanol–water partition coefficient (Wildman–Crippen LogP) is 5.64. The molecule has 1 saturated heterocycles. The molecule has 0 saturated carbocycles. The minimum absolute atomic E-state index is 0.0736. The first-order valence-electron chi connectivity index (χ1n) is 13.0. The van der Waals surface area contributed by atoms with Gasteiger partial charge in [0.2, 0.25) is 17.7 Å². The molecule has 1 fully saturated rings. The number of nitrogens with one attached hydrogen (secondary N) is 2.